The average molecular weight is 738 g/mol. The molecule has 0 fully saturated rings. The van der Waals surface area contributed by atoms with Crippen LogP contribution >= 0.6 is 0 Å². The van der Waals surface area contributed by atoms with Gasteiger partial charge in [-0.05, 0) is 120 Å². The summed E-state index contributed by atoms with van der Waals surface area (Å²) in [6.45, 7) is 0. The highest BCUT2D eigenvalue weighted by Crippen LogP contribution is 2.57. The molecule has 272 valence electrons. The molecule has 0 spiro atoms. The number of hydrogen-bond acceptors (Lipinski definition) is 1. The van der Waals surface area contributed by atoms with Gasteiger partial charge in [0.05, 0.1) is 5.41 Å². The lowest BCUT2D eigenvalue weighted by Crippen LogP contribution is -2.28. The molecule has 0 amide bonds. The van der Waals surface area contributed by atoms with E-state index in [0.717, 1.165) is 17.1 Å². The van der Waals surface area contributed by atoms with Crippen molar-refractivity contribution >= 4 is 38.6 Å². The van der Waals surface area contributed by atoms with Crippen molar-refractivity contribution in [2.75, 3.05) is 4.90 Å². The predicted octanol–water partition coefficient (Wildman–Crippen LogP) is 15.2. The van der Waals surface area contributed by atoms with Gasteiger partial charge in [-0.2, -0.15) is 0 Å². The quantitative estimate of drug-likeness (QED) is 0.147. The topological polar surface area (TPSA) is 3.24 Å². The third-order valence-electron chi connectivity index (χ3n) is 12.1. The van der Waals surface area contributed by atoms with Gasteiger partial charge in [-0.15, -0.1) is 0 Å². The lowest BCUT2D eigenvalue weighted by Gasteiger charge is -2.35. The predicted molar refractivity (Wildman–Crippen MR) is 244 cm³/mol. The molecular weight excluding hydrogens is 699 g/mol. The van der Waals surface area contributed by atoms with Crippen LogP contribution in [0.15, 0.2) is 237 Å². The summed E-state index contributed by atoms with van der Waals surface area (Å²) in [5, 5.41) is 5.06. The summed E-state index contributed by atoms with van der Waals surface area (Å²) in [6, 6.07) is 86.7. The van der Waals surface area contributed by atoms with E-state index in [1.807, 2.05) is 0 Å². The van der Waals surface area contributed by atoms with Crippen molar-refractivity contribution in [2.24, 2.45) is 0 Å². The summed E-state index contributed by atoms with van der Waals surface area (Å²) < 4.78 is 0. The largest absolute Gasteiger partial charge is 0.310 e. The first-order valence-corrected chi connectivity index (χ1v) is 20.1. The maximum atomic E-state index is 2.44. The van der Waals surface area contributed by atoms with E-state index in [1.165, 1.54) is 77.2 Å². The molecule has 0 unspecified atom stereocenters. The van der Waals surface area contributed by atoms with Gasteiger partial charge in [0, 0.05) is 17.1 Å². The summed E-state index contributed by atoms with van der Waals surface area (Å²) in [4.78, 5) is 2.40. The molecule has 1 aliphatic rings. The SMILES string of the molecule is c1ccc(-c2cc3ccccc3c3cccc(-c4ccc(N(c5ccccc5)c5ccc6c(c5)C(c5ccccc5)(c5ccccc5)c5ccccc5-6)cc4)c23)cc1. The molecule has 0 radical (unpaired) electrons. The monoisotopic (exact) mass is 737 g/mol. The van der Waals surface area contributed by atoms with Gasteiger partial charge in [-0.1, -0.05) is 194 Å². The van der Waals surface area contributed by atoms with E-state index < -0.39 is 5.41 Å². The van der Waals surface area contributed by atoms with Crippen molar-refractivity contribution in [3.8, 4) is 33.4 Å². The Morgan fingerprint density at radius 3 is 1.53 bits per heavy atom. The summed E-state index contributed by atoms with van der Waals surface area (Å²) in [5.74, 6) is 0. The Hall–Kier alpha value is -7.48. The fraction of sp³-hybridized carbons (Fsp3) is 0.0175. The van der Waals surface area contributed by atoms with Crippen LogP contribution in [0.4, 0.5) is 17.1 Å². The lowest BCUT2D eigenvalue weighted by atomic mass is 9.67. The van der Waals surface area contributed by atoms with E-state index in [0.29, 0.717) is 0 Å². The molecule has 0 atom stereocenters. The fourth-order valence-electron chi connectivity index (χ4n) is 9.63. The Morgan fingerprint density at radius 2 is 0.810 bits per heavy atom. The summed E-state index contributed by atoms with van der Waals surface area (Å²) in [7, 11) is 0. The van der Waals surface area contributed by atoms with Gasteiger partial charge in [0.2, 0.25) is 0 Å². The van der Waals surface area contributed by atoms with Gasteiger partial charge in [0.15, 0.2) is 0 Å². The number of para-hydroxylation sites is 1. The molecule has 0 saturated carbocycles. The van der Waals surface area contributed by atoms with Gasteiger partial charge >= 0.3 is 0 Å². The van der Waals surface area contributed by atoms with Gasteiger partial charge in [0.1, 0.15) is 0 Å². The van der Waals surface area contributed by atoms with E-state index in [9.17, 15) is 0 Å². The number of hydrogen-bond donors (Lipinski definition) is 0. The van der Waals surface area contributed by atoms with Crippen LogP contribution in [-0.4, -0.2) is 0 Å². The maximum Gasteiger partial charge on any atom is 0.0714 e. The summed E-state index contributed by atoms with van der Waals surface area (Å²) >= 11 is 0. The zero-order chi connectivity index (χ0) is 38.5. The Balaban J connectivity index is 1.10. The molecule has 0 aliphatic heterocycles. The molecule has 0 N–H and O–H groups in total. The zero-order valence-corrected chi connectivity index (χ0v) is 32.0. The molecule has 10 aromatic carbocycles. The molecule has 0 heterocycles. The third kappa shape index (κ3) is 5.32. The molecule has 0 saturated heterocycles. The highest BCUT2D eigenvalue weighted by atomic mass is 15.1. The first kappa shape index (κ1) is 33.8. The van der Waals surface area contributed by atoms with Crippen LogP contribution in [-0.2, 0) is 5.41 Å². The van der Waals surface area contributed by atoms with E-state index >= 15 is 0 Å². The molecule has 0 bridgehead atoms. The number of benzene rings is 10. The van der Waals surface area contributed by atoms with Crippen molar-refractivity contribution in [3.63, 3.8) is 0 Å². The minimum absolute atomic E-state index is 0.480. The van der Waals surface area contributed by atoms with Crippen molar-refractivity contribution < 1.29 is 0 Å². The van der Waals surface area contributed by atoms with Crippen LogP contribution in [0.2, 0.25) is 0 Å². The van der Waals surface area contributed by atoms with E-state index in [1.54, 1.807) is 0 Å². The van der Waals surface area contributed by atoms with Gasteiger partial charge in [-0.3, -0.25) is 0 Å². The van der Waals surface area contributed by atoms with Crippen molar-refractivity contribution in [1.82, 2.24) is 0 Å². The molecule has 0 aromatic heterocycles. The van der Waals surface area contributed by atoms with Crippen LogP contribution in [0.1, 0.15) is 22.3 Å². The van der Waals surface area contributed by atoms with Crippen molar-refractivity contribution in [1.29, 1.82) is 0 Å². The first-order chi connectivity index (χ1) is 28.8. The smallest absolute Gasteiger partial charge is 0.0714 e. The molecule has 1 aliphatic carbocycles. The summed E-state index contributed by atoms with van der Waals surface area (Å²) in [5.41, 5.74) is 15.4. The van der Waals surface area contributed by atoms with Crippen LogP contribution in [0.3, 0.4) is 0 Å². The minimum atomic E-state index is -0.480. The second kappa shape index (κ2) is 13.9. The maximum absolute atomic E-state index is 2.44. The Labute approximate surface area is 339 Å². The van der Waals surface area contributed by atoms with E-state index in [2.05, 4.69) is 241 Å². The molecular formula is C57H39N. The van der Waals surface area contributed by atoms with Gasteiger partial charge in [-0.25, -0.2) is 0 Å². The standard InChI is InChI=1S/C57H39N/c1-5-18-40(19-6-1)53-38-42-20-13-14-27-48(42)52-30-17-29-49(56(52)53)41-32-34-46(35-33-41)58(45-25-11-4-12-26-45)47-36-37-51-50-28-15-16-31-54(50)57(55(51)39-47,43-21-7-2-8-22-43)44-23-9-3-10-24-44/h1-39H. The molecule has 58 heavy (non-hydrogen) atoms. The van der Waals surface area contributed by atoms with Crippen LogP contribution < -0.4 is 4.90 Å². The van der Waals surface area contributed by atoms with Gasteiger partial charge < -0.3 is 4.90 Å². The number of anilines is 3. The number of rotatable bonds is 7. The van der Waals surface area contributed by atoms with Crippen LogP contribution in [0.25, 0.3) is 54.9 Å². The molecule has 10 aromatic rings. The second-order valence-electron chi connectivity index (χ2n) is 15.2. The highest BCUT2D eigenvalue weighted by molar-refractivity contribution is 6.18. The van der Waals surface area contributed by atoms with Crippen molar-refractivity contribution in [2.45, 2.75) is 5.41 Å². The zero-order valence-electron chi connectivity index (χ0n) is 32.0. The Kier molecular flexibility index (Phi) is 8.12. The summed E-state index contributed by atoms with van der Waals surface area (Å²) in [6.07, 6.45) is 0. The Morgan fingerprint density at radius 1 is 0.293 bits per heavy atom. The number of fused-ring (bicyclic) bond motifs is 6. The minimum Gasteiger partial charge on any atom is -0.310 e. The fourth-order valence-corrected chi connectivity index (χ4v) is 9.63. The first-order valence-electron chi connectivity index (χ1n) is 20.1. The lowest BCUT2D eigenvalue weighted by molar-refractivity contribution is 0.768. The highest BCUT2D eigenvalue weighted by Gasteiger charge is 2.46. The van der Waals surface area contributed by atoms with Crippen LogP contribution in [0.5, 0.6) is 0 Å². The molecule has 11 rings (SSSR count). The van der Waals surface area contributed by atoms with Crippen LogP contribution in [0, 0.1) is 0 Å². The molecule has 1 heteroatoms. The molecule has 1 nitrogen and oxygen atoms in total. The van der Waals surface area contributed by atoms with E-state index in [-0.39, 0.29) is 0 Å². The Bertz CT molecular complexity index is 3040. The normalized spacial score (nSPS) is 12.6. The van der Waals surface area contributed by atoms with E-state index in [4.69, 9.17) is 0 Å². The van der Waals surface area contributed by atoms with Crippen molar-refractivity contribution in [3.05, 3.63) is 259 Å². The third-order valence-corrected chi connectivity index (χ3v) is 12.1. The second-order valence-corrected chi connectivity index (χ2v) is 15.2. The average Bonchev–Trinajstić information content (AvgIpc) is 3.60. The number of nitrogens with zero attached hydrogens (tertiary/aromatic N) is 1. The van der Waals surface area contributed by atoms with Gasteiger partial charge in [0.25, 0.3) is 0 Å².